The Morgan fingerprint density at radius 1 is 1.00 bits per heavy atom. The fraction of sp³-hybridized carbons (Fsp3) is 0.300. The number of benzene rings is 3. The monoisotopic (exact) mass is 535 g/mol. The zero-order valence-electron chi connectivity index (χ0n) is 22.2. The van der Waals surface area contributed by atoms with E-state index in [1.54, 1.807) is 55.5 Å². The van der Waals surface area contributed by atoms with E-state index in [1.165, 1.54) is 9.47 Å². The smallest absolute Gasteiger partial charge is 0.266 e. The Kier molecular flexibility index (Phi) is 9.03. The molecular weight excluding hydrogens is 504 g/mol. The van der Waals surface area contributed by atoms with E-state index in [4.69, 9.17) is 14.5 Å². The van der Waals surface area contributed by atoms with Crippen molar-refractivity contribution in [1.29, 1.82) is 0 Å². The van der Waals surface area contributed by atoms with Gasteiger partial charge in [-0.05, 0) is 74.9 Å². The SMILES string of the molecule is CCOCCN(C(=O)Cc1cc(F)cc(F)c1)C(C)c1nc2ccccc2c(=O)n1-c1ccc(OCC)cc1. The Bertz CT molecular complexity index is 1480. The number of carbonyl (C=O) groups is 1. The van der Waals surface area contributed by atoms with Gasteiger partial charge in [-0.1, -0.05) is 12.1 Å². The maximum absolute atomic E-state index is 13.8. The molecule has 0 aliphatic rings. The number of nitrogens with zero attached hydrogens (tertiary/aromatic N) is 3. The molecule has 9 heteroatoms. The van der Waals surface area contributed by atoms with Crippen LogP contribution in [0, 0.1) is 11.6 Å². The van der Waals surface area contributed by atoms with E-state index in [2.05, 4.69) is 0 Å². The standard InChI is InChI=1S/C30H31F2N3O4/c1-4-38-15-14-34(28(36)18-21-16-22(31)19-23(32)17-21)20(3)29-33-27-9-7-6-8-26(27)30(37)35(29)24-10-12-25(13-11-24)39-5-2/h6-13,16-17,19-20H,4-5,14-15,18H2,1-3H3. The number of aromatic nitrogens is 2. The molecule has 4 rings (SSSR count). The first-order valence-corrected chi connectivity index (χ1v) is 12.9. The van der Waals surface area contributed by atoms with Gasteiger partial charge >= 0.3 is 0 Å². The highest BCUT2D eigenvalue weighted by atomic mass is 19.1. The first-order valence-electron chi connectivity index (χ1n) is 12.9. The van der Waals surface area contributed by atoms with Gasteiger partial charge in [0.2, 0.25) is 5.91 Å². The van der Waals surface area contributed by atoms with E-state index in [9.17, 15) is 18.4 Å². The number of amides is 1. The molecule has 7 nitrogen and oxygen atoms in total. The Labute approximate surface area is 225 Å². The average molecular weight is 536 g/mol. The fourth-order valence-electron chi connectivity index (χ4n) is 4.51. The van der Waals surface area contributed by atoms with Gasteiger partial charge in [0, 0.05) is 19.2 Å². The summed E-state index contributed by atoms with van der Waals surface area (Å²) in [6.45, 7) is 6.90. The fourth-order valence-corrected chi connectivity index (χ4v) is 4.51. The maximum atomic E-state index is 13.8. The van der Waals surface area contributed by atoms with Crippen molar-refractivity contribution >= 4 is 16.8 Å². The van der Waals surface area contributed by atoms with Crippen LogP contribution in [0.2, 0.25) is 0 Å². The molecule has 0 aliphatic heterocycles. The molecule has 0 radical (unpaired) electrons. The number of carbonyl (C=O) groups excluding carboxylic acids is 1. The van der Waals surface area contributed by atoms with Gasteiger partial charge in [-0.15, -0.1) is 0 Å². The molecule has 0 spiro atoms. The van der Waals surface area contributed by atoms with Crippen molar-refractivity contribution in [2.45, 2.75) is 33.2 Å². The normalized spacial score (nSPS) is 11.9. The van der Waals surface area contributed by atoms with Crippen LogP contribution in [-0.2, 0) is 16.0 Å². The molecule has 0 fully saturated rings. The van der Waals surface area contributed by atoms with Crippen LogP contribution < -0.4 is 10.3 Å². The second-order valence-electron chi connectivity index (χ2n) is 8.97. The molecule has 0 saturated heterocycles. The van der Waals surface area contributed by atoms with Gasteiger partial charge in [-0.25, -0.2) is 13.8 Å². The van der Waals surface area contributed by atoms with Crippen LogP contribution in [0.5, 0.6) is 5.75 Å². The number of rotatable bonds is 11. The summed E-state index contributed by atoms with van der Waals surface area (Å²) < 4.78 is 40.2. The van der Waals surface area contributed by atoms with Crippen molar-refractivity contribution in [2.75, 3.05) is 26.4 Å². The molecule has 1 unspecified atom stereocenters. The van der Waals surface area contributed by atoms with Crippen LogP contribution in [0.25, 0.3) is 16.6 Å². The van der Waals surface area contributed by atoms with Crippen LogP contribution in [0.3, 0.4) is 0 Å². The molecule has 3 aromatic carbocycles. The second kappa shape index (κ2) is 12.6. The molecule has 1 aromatic heterocycles. The van der Waals surface area contributed by atoms with Gasteiger partial charge in [0.1, 0.15) is 23.2 Å². The largest absolute Gasteiger partial charge is 0.494 e. The van der Waals surface area contributed by atoms with E-state index in [0.29, 0.717) is 41.4 Å². The van der Waals surface area contributed by atoms with Gasteiger partial charge in [-0.2, -0.15) is 0 Å². The molecular formula is C30H31F2N3O4. The Hall–Kier alpha value is -4.11. The zero-order chi connectivity index (χ0) is 27.9. The molecule has 1 heterocycles. The minimum atomic E-state index is -0.757. The highest BCUT2D eigenvalue weighted by Crippen LogP contribution is 2.25. The number of halogens is 2. The lowest BCUT2D eigenvalue weighted by atomic mass is 10.1. The van der Waals surface area contributed by atoms with E-state index in [1.807, 2.05) is 13.8 Å². The average Bonchev–Trinajstić information content (AvgIpc) is 2.91. The van der Waals surface area contributed by atoms with E-state index < -0.39 is 17.7 Å². The third-order valence-corrected chi connectivity index (χ3v) is 6.33. The quantitative estimate of drug-likeness (QED) is 0.246. The third kappa shape index (κ3) is 6.49. The van der Waals surface area contributed by atoms with Crippen LogP contribution >= 0.6 is 0 Å². The summed E-state index contributed by atoms with van der Waals surface area (Å²) in [5, 5.41) is 0.435. The van der Waals surface area contributed by atoms with Crippen LogP contribution in [-0.4, -0.2) is 46.7 Å². The van der Waals surface area contributed by atoms with Gasteiger partial charge < -0.3 is 14.4 Å². The Morgan fingerprint density at radius 2 is 1.69 bits per heavy atom. The predicted octanol–water partition coefficient (Wildman–Crippen LogP) is 5.23. The van der Waals surface area contributed by atoms with Crippen molar-refractivity contribution in [1.82, 2.24) is 14.5 Å². The molecule has 204 valence electrons. The number of fused-ring (bicyclic) bond motifs is 1. The zero-order valence-corrected chi connectivity index (χ0v) is 22.2. The van der Waals surface area contributed by atoms with Crippen molar-refractivity contribution in [3.8, 4) is 11.4 Å². The van der Waals surface area contributed by atoms with Crippen LogP contribution in [0.15, 0.2) is 71.5 Å². The van der Waals surface area contributed by atoms with Gasteiger partial charge in [0.05, 0.1) is 42.3 Å². The number of ether oxygens (including phenoxy) is 2. The van der Waals surface area contributed by atoms with Crippen LogP contribution in [0.4, 0.5) is 8.78 Å². The van der Waals surface area contributed by atoms with E-state index >= 15 is 0 Å². The molecule has 4 aromatic rings. The highest BCUT2D eigenvalue weighted by molar-refractivity contribution is 5.80. The van der Waals surface area contributed by atoms with Gasteiger partial charge in [0.15, 0.2) is 0 Å². The third-order valence-electron chi connectivity index (χ3n) is 6.33. The summed E-state index contributed by atoms with van der Waals surface area (Å²) in [4.78, 5) is 33.7. The lowest BCUT2D eigenvalue weighted by Crippen LogP contribution is -2.40. The summed E-state index contributed by atoms with van der Waals surface area (Å²) in [5.41, 5.74) is 0.987. The van der Waals surface area contributed by atoms with Gasteiger partial charge in [0.25, 0.3) is 5.56 Å². The number of para-hydroxylation sites is 1. The van der Waals surface area contributed by atoms with E-state index in [0.717, 1.165) is 18.2 Å². The molecule has 39 heavy (non-hydrogen) atoms. The van der Waals surface area contributed by atoms with Gasteiger partial charge in [-0.3, -0.25) is 14.2 Å². The molecule has 0 aliphatic carbocycles. The first kappa shape index (κ1) is 27.9. The lowest BCUT2D eigenvalue weighted by Gasteiger charge is -2.30. The second-order valence-corrected chi connectivity index (χ2v) is 8.97. The molecule has 1 atom stereocenters. The first-order chi connectivity index (χ1) is 18.8. The molecule has 0 N–H and O–H groups in total. The van der Waals surface area contributed by atoms with Crippen molar-refractivity contribution in [3.05, 3.63) is 100 Å². The van der Waals surface area contributed by atoms with Crippen molar-refractivity contribution in [2.24, 2.45) is 0 Å². The van der Waals surface area contributed by atoms with E-state index in [-0.39, 0.29) is 36.6 Å². The Morgan fingerprint density at radius 3 is 2.36 bits per heavy atom. The summed E-state index contributed by atoms with van der Waals surface area (Å²) in [6.07, 6.45) is -0.230. The predicted molar refractivity (Wildman–Crippen MR) is 145 cm³/mol. The molecule has 0 bridgehead atoms. The maximum Gasteiger partial charge on any atom is 0.266 e. The molecule has 1 amide bonds. The minimum absolute atomic E-state index is 0.192. The molecule has 0 saturated carbocycles. The minimum Gasteiger partial charge on any atom is -0.494 e. The number of hydrogen-bond donors (Lipinski definition) is 0. The Balaban J connectivity index is 1.80. The number of hydrogen-bond acceptors (Lipinski definition) is 5. The lowest BCUT2D eigenvalue weighted by molar-refractivity contribution is -0.133. The van der Waals surface area contributed by atoms with Crippen molar-refractivity contribution < 1.29 is 23.0 Å². The van der Waals surface area contributed by atoms with Crippen LogP contribution in [0.1, 0.15) is 38.2 Å². The summed E-state index contributed by atoms with van der Waals surface area (Å²) >= 11 is 0. The summed E-state index contributed by atoms with van der Waals surface area (Å²) in [5.74, 6) is -0.890. The highest BCUT2D eigenvalue weighted by Gasteiger charge is 2.27. The summed E-state index contributed by atoms with van der Waals surface area (Å²) in [7, 11) is 0. The summed E-state index contributed by atoms with van der Waals surface area (Å²) in [6, 6.07) is 16.4. The topological polar surface area (TPSA) is 73.7 Å². The van der Waals surface area contributed by atoms with Crippen molar-refractivity contribution in [3.63, 3.8) is 0 Å².